The Labute approximate surface area is 162 Å². The fourth-order valence-electron chi connectivity index (χ4n) is 3.13. The molecular weight excluding hydrogens is 361 g/mol. The van der Waals surface area contributed by atoms with Crippen LogP contribution in [0.5, 0.6) is 0 Å². The molecule has 0 saturated carbocycles. The molecule has 2 aromatic carbocycles. The number of carbonyl (C=O) groups is 3. The molecule has 0 aromatic heterocycles. The lowest BCUT2D eigenvalue weighted by Gasteiger charge is -2.36. The molecule has 28 heavy (non-hydrogen) atoms. The third-order valence-electron chi connectivity index (χ3n) is 4.66. The van der Waals surface area contributed by atoms with Crippen molar-refractivity contribution in [2.75, 3.05) is 37.6 Å². The second kappa shape index (κ2) is 9.12. The summed E-state index contributed by atoms with van der Waals surface area (Å²) in [5.74, 6) is -2.22. The third-order valence-corrected chi connectivity index (χ3v) is 4.66. The summed E-state index contributed by atoms with van der Waals surface area (Å²) in [5, 5.41) is 2.37. The summed E-state index contributed by atoms with van der Waals surface area (Å²) in [6.07, 6.45) is -0.201. The molecule has 0 aliphatic carbocycles. The molecule has 146 valence electrons. The average Bonchev–Trinajstić information content (AvgIpc) is 2.72. The number of para-hydroxylation sites is 1. The lowest BCUT2D eigenvalue weighted by atomic mass is 10.1. The van der Waals surface area contributed by atoms with Crippen molar-refractivity contribution in [1.82, 2.24) is 10.2 Å². The topological polar surface area (TPSA) is 69.7 Å². The molecule has 1 aliphatic heterocycles. The van der Waals surface area contributed by atoms with Gasteiger partial charge in [-0.05, 0) is 29.8 Å². The van der Waals surface area contributed by atoms with Gasteiger partial charge in [-0.15, -0.1) is 0 Å². The number of carbonyl (C=O) groups excluding carboxylic acids is 3. The highest BCUT2D eigenvalue weighted by Crippen LogP contribution is 2.15. The van der Waals surface area contributed by atoms with E-state index in [1.165, 1.54) is 18.2 Å². The molecule has 7 heteroatoms. The van der Waals surface area contributed by atoms with Gasteiger partial charge in [-0.1, -0.05) is 30.3 Å². The molecule has 3 rings (SSSR count). The van der Waals surface area contributed by atoms with Gasteiger partial charge in [-0.25, -0.2) is 4.39 Å². The molecule has 2 amide bonds. The number of ketones is 1. The van der Waals surface area contributed by atoms with Crippen molar-refractivity contribution in [2.24, 2.45) is 0 Å². The van der Waals surface area contributed by atoms with Crippen LogP contribution in [0.2, 0.25) is 0 Å². The zero-order valence-electron chi connectivity index (χ0n) is 15.4. The second-order valence-corrected chi connectivity index (χ2v) is 6.62. The predicted octanol–water partition coefficient (Wildman–Crippen LogP) is 1.40. The van der Waals surface area contributed by atoms with E-state index in [0.29, 0.717) is 31.7 Å². The first kappa shape index (κ1) is 19.5. The van der Waals surface area contributed by atoms with Crippen LogP contribution in [0.3, 0.4) is 0 Å². The van der Waals surface area contributed by atoms with E-state index in [0.717, 1.165) is 5.69 Å². The van der Waals surface area contributed by atoms with Gasteiger partial charge in [0.2, 0.25) is 11.7 Å². The first-order valence-corrected chi connectivity index (χ1v) is 9.16. The maximum Gasteiger partial charge on any atom is 0.288 e. The van der Waals surface area contributed by atoms with Gasteiger partial charge in [0, 0.05) is 38.3 Å². The largest absolute Gasteiger partial charge is 0.368 e. The van der Waals surface area contributed by atoms with Crippen LogP contribution in [0, 0.1) is 5.82 Å². The quantitative estimate of drug-likeness (QED) is 0.766. The third kappa shape index (κ3) is 5.16. The van der Waals surface area contributed by atoms with Crippen molar-refractivity contribution in [1.29, 1.82) is 0 Å². The smallest absolute Gasteiger partial charge is 0.288 e. The summed E-state index contributed by atoms with van der Waals surface area (Å²) >= 11 is 0. The monoisotopic (exact) mass is 383 g/mol. The number of anilines is 1. The van der Waals surface area contributed by atoms with Gasteiger partial charge in [0.25, 0.3) is 5.91 Å². The van der Waals surface area contributed by atoms with Gasteiger partial charge in [0.15, 0.2) is 0 Å². The Kier molecular flexibility index (Phi) is 6.37. The van der Waals surface area contributed by atoms with Crippen LogP contribution in [0.1, 0.15) is 5.56 Å². The van der Waals surface area contributed by atoms with Crippen molar-refractivity contribution in [3.63, 3.8) is 0 Å². The summed E-state index contributed by atoms with van der Waals surface area (Å²) in [6, 6.07) is 15.5. The number of hydrogen-bond acceptors (Lipinski definition) is 4. The summed E-state index contributed by atoms with van der Waals surface area (Å²) in [5.41, 5.74) is 1.54. The van der Waals surface area contributed by atoms with Crippen LogP contribution in [0.15, 0.2) is 54.6 Å². The molecule has 2 aromatic rings. The zero-order chi connectivity index (χ0) is 19.9. The Bertz CT molecular complexity index is 849. The lowest BCUT2D eigenvalue weighted by Crippen LogP contribution is -2.51. The first-order valence-electron chi connectivity index (χ1n) is 9.16. The van der Waals surface area contributed by atoms with E-state index in [1.54, 1.807) is 11.0 Å². The zero-order valence-corrected chi connectivity index (χ0v) is 15.4. The highest BCUT2D eigenvalue weighted by Gasteiger charge is 2.22. The van der Waals surface area contributed by atoms with E-state index in [4.69, 9.17) is 0 Å². The number of hydrogen-bond donors (Lipinski definition) is 1. The van der Waals surface area contributed by atoms with Gasteiger partial charge >= 0.3 is 0 Å². The maximum atomic E-state index is 13.1. The number of nitrogens with zero attached hydrogens (tertiary/aromatic N) is 2. The Morgan fingerprint density at radius 2 is 1.64 bits per heavy atom. The molecule has 0 radical (unpaired) electrons. The molecule has 6 nitrogen and oxygen atoms in total. The Morgan fingerprint density at radius 3 is 2.32 bits per heavy atom. The molecular formula is C21H22FN3O3. The minimum Gasteiger partial charge on any atom is -0.368 e. The summed E-state index contributed by atoms with van der Waals surface area (Å²) < 4.78 is 13.1. The Hall–Kier alpha value is -3.22. The van der Waals surface area contributed by atoms with Crippen LogP contribution in [-0.2, 0) is 20.8 Å². The van der Waals surface area contributed by atoms with E-state index in [-0.39, 0.29) is 18.9 Å². The summed E-state index contributed by atoms with van der Waals surface area (Å²) in [7, 11) is 0. The van der Waals surface area contributed by atoms with Crippen molar-refractivity contribution in [2.45, 2.75) is 6.42 Å². The Balaban J connectivity index is 1.42. The minimum atomic E-state index is -0.833. The molecule has 1 saturated heterocycles. The van der Waals surface area contributed by atoms with Crippen LogP contribution in [0.4, 0.5) is 10.1 Å². The van der Waals surface area contributed by atoms with E-state index in [9.17, 15) is 18.8 Å². The van der Waals surface area contributed by atoms with Crippen LogP contribution in [-0.4, -0.2) is 55.2 Å². The minimum absolute atomic E-state index is 0.201. The number of amides is 2. The summed E-state index contributed by atoms with van der Waals surface area (Å²) in [4.78, 5) is 40.0. The second-order valence-electron chi connectivity index (χ2n) is 6.62. The number of piperazine rings is 1. The molecule has 1 N–H and O–H groups in total. The van der Waals surface area contributed by atoms with Gasteiger partial charge in [-0.3, -0.25) is 14.4 Å². The van der Waals surface area contributed by atoms with E-state index in [2.05, 4.69) is 10.2 Å². The number of halogens is 1. The lowest BCUT2D eigenvalue weighted by molar-refractivity contribution is -0.139. The van der Waals surface area contributed by atoms with Crippen LogP contribution < -0.4 is 10.2 Å². The maximum absolute atomic E-state index is 13.1. The van der Waals surface area contributed by atoms with Crippen molar-refractivity contribution < 1.29 is 18.8 Å². The molecule has 0 unspecified atom stereocenters. The molecule has 1 heterocycles. The van der Waals surface area contributed by atoms with Gasteiger partial charge < -0.3 is 15.1 Å². The number of benzene rings is 2. The standard InChI is InChI=1S/C21H22FN3O3/c22-17-6-4-5-16(13-17)14-19(26)21(28)23-15-20(27)25-11-9-24(10-12-25)18-7-2-1-3-8-18/h1-8,13H,9-12,14-15H2,(H,23,28). The molecule has 0 spiro atoms. The van der Waals surface area contributed by atoms with Gasteiger partial charge in [-0.2, -0.15) is 0 Å². The fraction of sp³-hybridized carbons (Fsp3) is 0.286. The summed E-state index contributed by atoms with van der Waals surface area (Å²) in [6.45, 7) is 2.31. The van der Waals surface area contributed by atoms with E-state index >= 15 is 0 Å². The van der Waals surface area contributed by atoms with Crippen LogP contribution in [0.25, 0.3) is 0 Å². The number of rotatable bonds is 6. The van der Waals surface area contributed by atoms with Crippen molar-refractivity contribution in [3.05, 3.63) is 66.0 Å². The highest BCUT2D eigenvalue weighted by molar-refractivity contribution is 6.36. The first-order chi connectivity index (χ1) is 13.5. The van der Waals surface area contributed by atoms with Gasteiger partial charge in [0.1, 0.15) is 5.82 Å². The number of nitrogens with one attached hydrogen (secondary N) is 1. The molecule has 1 aliphatic rings. The van der Waals surface area contributed by atoms with Crippen molar-refractivity contribution >= 4 is 23.3 Å². The Morgan fingerprint density at radius 1 is 0.929 bits per heavy atom. The predicted molar refractivity (Wildman–Crippen MR) is 103 cm³/mol. The van der Waals surface area contributed by atoms with Crippen molar-refractivity contribution in [3.8, 4) is 0 Å². The molecule has 0 atom stereocenters. The van der Waals surface area contributed by atoms with E-state index < -0.39 is 17.5 Å². The number of Topliss-reactive ketones (excluding diaryl/α,β-unsaturated/α-hetero) is 1. The van der Waals surface area contributed by atoms with Gasteiger partial charge in [0.05, 0.1) is 6.54 Å². The van der Waals surface area contributed by atoms with Crippen LogP contribution >= 0.6 is 0 Å². The van der Waals surface area contributed by atoms with E-state index in [1.807, 2.05) is 30.3 Å². The fourth-order valence-corrected chi connectivity index (χ4v) is 3.13. The molecule has 1 fully saturated rings. The normalized spacial score (nSPS) is 13.9. The highest BCUT2D eigenvalue weighted by atomic mass is 19.1. The average molecular weight is 383 g/mol. The molecule has 0 bridgehead atoms. The SMILES string of the molecule is O=C(Cc1cccc(F)c1)C(=O)NCC(=O)N1CCN(c2ccccc2)CC1.